The van der Waals surface area contributed by atoms with E-state index in [9.17, 15) is 4.79 Å². The van der Waals surface area contributed by atoms with Crippen molar-refractivity contribution in [1.82, 2.24) is 15.3 Å². The van der Waals surface area contributed by atoms with Crippen LogP contribution in [0.15, 0.2) is 47.4 Å². The van der Waals surface area contributed by atoms with Crippen molar-refractivity contribution in [2.24, 2.45) is 5.92 Å². The Hall–Kier alpha value is -2.18. The van der Waals surface area contributed by atoms with E-state index < -0.39 is 0 Å². The Morgan fingerprint density at radius 2 is 2.00 bits per heavy atom. The number of thioether (sulfide) groups is 1. The summed E-state index contributed by atoms with van der Waals surface area (Å²) >= 11 is 7.79. The second kappa shape index (κ2) is 9.09. The number of nitrogens with one attached hydrogen (secondary N) is 2. The quantitative estimate of drug-likeness (QED) is 0.567. The zero-order chi connectivity index (χ0) is 20.2. The van der Waals surface area contributed by atoms with Crippen molar-refractivity contribution in [3.05, 3.63) is 53.1 Å². The maximum atomic E-state index is 12.5. The molecule has 1 amide bonds. The molecule has 7 heteroatoms. The number of H-pyrrole nitrogens is 1. The molecule has 1 aromatic heterocycles. The summed E-state index contributed by atoms with van der Waals surface area (Å²) in [6.07, 6.45) is 4.61. The highest BCUT2D eigenvalue weighted by Gasteiger charge is 2.26. The van der Waals surface area contributed by atoms with Gasteiger partial charge >= 0.3 is 0 Å². The van der Waals surface area contributed by atoms with Crippen molar-refractivity contribution in [2.45, 2.75) is 24.2 Å². The molecule has 4 rings (SSSR count). The molecule has 2 N–H and O–H groups in total. The maximum Gasteiger partial charge on any atom is 0.223 e. The number of aromatic amines is 1. The SMILES string of the molecule is CSc1ccc(CCNC(=O)C2CCN(c3nc4ccc(Cl)cc4[nH]3)CC2)cc1. The fourth-order valence-electron chi connectivity index (χ4n) is 3.74. The predicted octanol–water partition coefficient (Wildman–Crippen LogP) is 4.51. The van der Waals surface area contributed by atoms with Gasteiger partial charge in [-0.1, -0.05) is 23.7 Å². The first-order chi connectivity index (χ1) is 14.1. The Labute approximate surface area is 180 Å². The standard InChI is InChI=1S/C22H25ClN4OS/c1-29-18-5-2-15(3-6-18)8-11-24-21(28)16-9-12-27(13-10-16)22-25-19-7-4-17(23)14-20(19)26-22/h2-7,14,16H,8-13H2,1H3,(H,24,28)(H,25,26). The number of imidazole rings is 1. The molecular formula is C22H25ClN4OS. The Bertz CT molecular complexity index is 980. The average Bonchev–Trinajstić information content (AvgIpc) is 3.17. The molecule has 0 bridgehead atoms. The van der Waals surface area contributed by atoms with E-state index >= 15 is 0 Å². The van der Waals surface area contributed by atoms with Gasteiger partial charge in [-0.2, -0.15) is 0 Å². The first-order valence-corrected chi connectivity index (χ1v) is 11.5. The highest BCUT2D eigenvalue weighted by atomic mass is 35.5. The third kappa shape index (κ3) is 4.87. The molecule has 0 atom stereocenters. The molecule has 1 aliphatic rings. The predicted molar refractivity (Wildman–Crippen MR) is 121 cm³/mol. The maximum absolute atomic E-state index is 12.5. The van der Waals surface area contributed by atoms with E-state index in [-0.39, 0.29) is 11.8 Å². The van der Waals surface area contributed by atoms with E-state index in [4.69, 9.17) is 11.6 Å². The number of hydrogen-bond donors (Lipinski definition) is 2. The van der Waals surface area contributed by atoms with Crippen LogP contribution >= 0.6 is 23.4 Å². The lowest BCUT2D eigenvalue weighted by molar-refractivity contribution is -0.125. The second-order valence-electron chi connectivity index (χ2n) is 7.37. The Kier molecular flexibility index (Phi) is 6.31. The summed E-state index contributed by atoms with van der Waals surface area (Å²) in [7, 11) is 0. The number of rotatable bonds is 6. The zero-order valence-electron chi connectivity index (χ0n) is 16.5. The van der Waals surface area contributed by atoms with Gasteiger partial charge in [0.05, 0.1) is 11.0 Å². The third-order valence-corrected chi connectivity index (χ3v) is 6.45. The molecule has 5 nitrogen and oxygen atoms in total. The van der Waals surface area contributed by atoms with E-state index in [0.29, 0.717) is 11.6 Å². The smallest absolute Gasteiger partial charge is 0.223 e. The molecule has 1 fully saturated rings. The van der Waals surface area contributed by atoms with Gasteiger partial charge in [0.25, 0.3) is 0 Å². The van der Waals surface area contributed by atoms with E-state index in [1.54, 1.807) is 11.8 Å². The number of amides is 1. The Morgan fingerprint density at radius 1 is 1.24 bits per heavy atom. The summed E-state index contributed by atoms with van der Waals surface area (Å²) in [4.78, 5) is 24.0. The van der Waals surface area contributed by atoms with Gasteiger partial charge in [0.15, 0.2) is 0 Å². The fourth-order valence-corrected chi connectivity index (χ4v) is 4.32. The number of fused-ring (bicyclic) bond motifs is 1. The number of nitrogens with zero attached hydrogens (tertiary/aromatic N) is 2. The van der Waals surface area contributed by atoms with E-state index in [2.05, 4.69) is 50.7 Å². The van der Waals surface area contributed by atoms with Crippen LogP contribution in [0.25, 0.3) is 11.0 Å². The van der Waals surface area contributed by atoms with Gasteiger partial charge in [0.2, 0.25) is 11.9 Å². The van der Waals surface area contributed by atoms with Crippen LogP contribution in [0, 0.1) is 5.92 Å². The molecule has 152 valence electrons. The molecule has 0 spiro atoms. The van der Waals surface area contributed by atoms with Crippen molar-refractivity contribution in [2.75, 3.05) is 30.8 Å². The number of anilines is 1. The molecule has 29 heavy (non-hydrogen) atoms. The molecule has 0 unspecified atom stereocenters. The molecule has 0 saturated carbocycles. The van der Waals surface area contributed by atoms with Crippen LogP contribution in [0.3, 0.4) is 0 Å². The van der Waals surface area contributed by atoms with Crippen molar-refractivity contribution < 1.29 is 4.79 Å². The van der Waals surface area contributed by atoms with Crippen LogP contribution in [0.2, 0.25) is 5.02 Å². The van der Waals surface area contributed by atoms with Gasteiger partial charge in [-0.3, -0.25) is 4.79 Å². The fraction of sp³-hybridized carbons (Fsp3) is 0.364. The molecule has 0 aliphatic carbocycles. The van der Waals surface area contributed by atoms with Crippen LogP contribution in [-0.4, -0.2) is 41.8 Å². The Morgan fingerprint density at radius 3 is 2.72 bits per heavy atom. The number of aromatic nitrogens is 2. The minimum Gasteiger partial charge on any atom is -0.356 e. The van der Waals surface area contributed by atoms with E-state index in [1.165, 1.54) is 10.5 Å². The van der Waals surface area contributed by atoms with Crippen LogP contribution in [0.5, 0.6) is 0 Å². The van der Waals surface area contributed by atoms with E-state index in [0.717, 1.165) is 49.3 Å². The van der Waals surface area contributed by atoms with Crippen molar-refractivity contribution >= 4 is 46.3 Å². The lowest BCUT2D eigenvalue weighted by Crippen LogP contribution is -2.41. The summed E-state index contributed by atoms with van der Waals surface area (Å²) in [5, 5.41) is 3.81. The highest BCUT2D eigenvalue weighted by Crippen LogP contribution is 2.25. The summed E-state index contributed by atoms with van der Waals surface area (Å²) in [5.74, 6) is 1.10. The van der Waals surface area contributed by atoms with Crippen molar-refractivity contribution in [1.29, 1.82) is 0 Å². The molecule has 0 radical (unpaired) electrons. The third-order valence-electron chi connectivity index (χ3n) is 5.47. The monoisotopic (exact) mass is 428 g/mol. The molecular weight excluding hydrogens is 404 g/mol. The van der Waals surface area contributed by atoms with Crippen LogP contribution in [0.1, 0.15) is 18.4 Å². The van der Waals surface area contributed by atoms with Crippen LogP contribution < -0.4 is 10.2 Å². The summed E-state index contributed by atoms with van der Waals surface area (Å²) in [6, 6.07) is 14.2. The van der Waals surface area contributed by atoms with Gasteiger partial charge in [0.1, 0.15) is 0 Å². The lowest BCUT2D eigenvalue weighted by atomic mass is 9.96. The summed E-state index contributed by atoms with van der Waals surface area (Å²) in [6.45, 7) is 2.32. The minimum absolute atomic E-state index is 0.0731. The molecule has 2 aromatic carbocycles. The van der Waals surface area contributed by atoms with Gasteiger partial charge in [-0.25, -0.2) is 4.98 Å². The summed E-state index contributed by atoms with van der Waals surface area (Å²) < 4.78 is 0. The molecule has 2 heterocycles. The normalized spacial score (nSPS) is 15.0. The van der Waals surface area contributed by atoms with Gasteiger partial charge in [-0.15, -0.1) is 11.8 Å². The highest BCUT2D eigenvalue weighted by molar-refractivity contribution is 7.98. The largest absolute Gasteiger partial charge is 0.356 e. The first kappa shape index (κ1) is 20.1. The number of piperidine rings is 1. The number of benzene rings is 2. The minimum atomic E-state index is 0.0731. The molecule has 1 aliphatic heterocycles. The van der Waals surface area contributed by atoms with E-state index in [1.807, 2.05) is 18.2 Å². The number of carbonyl (C=O) groups is 1. The van der Waals surface area contributed by atoms with Gasteiger partial charge in [0, 0.05) is 35.5 Å². The lowest BCUT2D eigenvalue weighted by Gasteiger charge is -2.31. The molecule has 1 saturated heterocycles. The van der Waals surface area contributed by atoms with Gasteiger partial charge in [-0.05, 0) is 61.4 Å². The Balaban J connectivity index is 1.25. The number of hydrogen-bond acceptors (Lipinski definition) is 4. The van der Waals surface area contributed by atoms with Crippen LogP contribution in [-0.2, 0) is 11.2 Å². The zero-order valence-corrected chi connectivity index (χ0v) is 18.0. The number of halogens is 1. The topological polar surface area (TPSA) is 61.0 Å². The molecule has 3 aromatic rings. The van der Waals surface area contributed by atoms with Crippen LogP contribution in [0.4, 0.5) is 5.95 Å². The van der Waals surface area contributed by atoms with Crippen molar-refractivity contribution in [3.63, 3.8) is 0 Å². The van der Waals surface area contributed by atoms with Crippen molar-refractivity contribution in [3.8, 4) is 0 Å². The second-order valence-corrected chi connectivity index (χ2v) is 8.69. The van der Waals surface area contributed by atoms with Gasteiger partial charge < -0.3 is 15.2 Å². The summed E-state index contributed by atoms with van der Waals surface area (Å²) in [5.41, 5.74) is 3.11. The average molecular weight is 429 g/mol. The number of carbonyl (C=O) groups excluding carboxylic acids is 1. The first-order valence-electron chi connectivity index (χ1n) is 9.93.